The molecule has 0 radical (unpaired) electrons. The van der Waals surface area contributed by atoms with Crippen molar-refractivity contribution in [2.75, 3.05) is 11.9 Å². The van der Waals surface area contributed by atoms with E-state index >= 15 is 0 Å². The number of halogens is 4. The average Bonchev–Trinajstić information content (AvgIpc) is 2.62. The lowest BCUT2D eigenvalue weighted by Crippen LogP contribution is -2.29. The van der Waals surface area contributed by atoms with Crippen LogP contribution in [0.1, 0.15) is 17.7 Å². The lowest BCUT2D eigenvalue weighted by Gasteiger charge is -2.22. The highest BCUT2D eigenvalue weighted by atomic mass is 35.5. The molecule has 0 fully saturated rings. The van der Waals surface area contributed by atoms with Crippen molar-refractivity contribution in [1.82, 2.24) is 9.55 Å². The van der Waals surface area contributed by atoms with Gasteiger partial charge in [0.2, 0.25) is 0 Å². The summed E-state index contributed by atoms with van der Waals surface area (Å²) < 4.78 is 40.7. The molecule has 134 valence electrons. The number of fused-ring (bicyclic) bond motifs is 3. The summed E-state index contributed by atoms with van der Waals surface area (Å²) in [4.78, 5) is 16.9. The number of pyridine rings is 2. The molecule has 0 saturated carbocycles. The number of nitrogens with one attached hydrogen (secondary N) is 1. The minimum absolute atomic E-state index is 0.0638. The van der Waals surface area contributed by atoms with Gasteiger partial charge in [0.05, 0.1) is 16.4 Å². The highest BCUT2D eigenvalue weighted by Gasteiger charge is 2.33. The standard InChI is InChI=1S/C18H13ClF3N3O/c19-12-5-1-2-6-13(12)25-16-10(7-8-14(24-16)18(20,21)22)15-11(17(25)26)4-3-9-23-15/h1-2,5-8,23H,3-4,9H2. The number of alkyl halides is 3. The van der Waals surface area contributed by atoms with Gasteiger partial charge in [0.25, 0.3) is 5.56 Å². The fourth-order valence-corrected chi connectivity index (χ4v) is 3.46. The van der Waals surface area contributed by atoms with Crippen LogP contribution in [0.4, 0.5) is 18.9 Å². The molecule has 3 aromatic rings. The van der Waals surface area contributed by atoms with Crippen LogP contribution in [0.25, 0.3) is 16.7 Å². The van der Waals surface area contributed by atoms with Crippen LogP contribution in [0.3, 0.4) is 0 Å². The number of rotatable bonds is 1. The summed E-state index contributed by atoms with van der Waals surface area (Å²) in [6.45, 7) is 0.651. The summed E-state index contributed by atoms with van der Waals surface area (Å²) in [5, 5.41) is 3.86. The first-order chi connectivity index (χ1) is 12.4. The molecule has 0 amide bonds. The molecule has 1 aliphatic rings. The fraction of sp³-hybridized carbons (Fsp3) is 0.222. The average molecular weight is 380 g/mol. The highest BCUT2D eigenvalue weighted by molar-refractivity contribution is 6.32. The van der Waals surface area contributed by atoms with Gasteiger partial charge >= 0.3 is 6.18 Å². The van der Waals surface area contributed by atoms with E-state index in [9.17, 15) is 18.0 Å². The van der Waals surface area contributed by atoms with Gasteiger partial charge in [0, 0.05) is 17.5 Å². The summed E-state index contributed by atoms with van der Waals surface area (Å²) in [6, 6.07) is 8.82. The van der Waals surface area contributed by atoms with Crippen LogP contribution in [0.2, 0.25) is 5.02 Å². The third-order valence-corrected chi connectivity index (χ3v) is 4.73. The SMILES string of the molecule is O=c1c2c(c3ccc(C(F)(F)F)nc3n1-c1ccccc1Cl)NCCC2. The predicted molar refractivity (Wildman–Crippen MR) is 94.2 cm³/mol. The van der Waals surface area contributed by atoms with Crippen molar-refractivity contribution in [3.8, 4) is 5.69 Å². The zero-order chi connectivity index (χ0) is 18.5. The first-order valence-electron chi connectivity index (χ1n) is 8.02. The van der Waals surface area contributed by atoms with E-state index in [2.05, 4.69) is 10.3 Å². The molecule has 0 bridgehead atoms. The van der Waals surface area contributed by atoms with Crippen molar-refractivity contribution in [3.05, 3.63) is 63.0 Å². The van der Waals surface area contributed by atoms with Gasteiger partial charge in [-0.2, -0.15) is 13.2 Å². The Hall–Kier alpha value is -2.54. The summed E-state index contributed by atoms with van der Waals surface area (Å²) in [6.07, 6.45) is -3.30. The maximum absolute atomic E-state index is 13.2. The molecule has 0 unspecified atom stereocenters. The van der Waals surface area contributed by atoms with Gasteiger partial charge in [-0.25, -0.2) is 4.98 Å². The molecule has 1 aromatic carbocycles. The first-order valence-corrected chi connectivity index (χ1v) is 8.40. The van der Waals surface area contributed by atoms with Crippen molar-refractivity contribution in [3.63, 3.8) is 0 Å². The summed E-state index contributed by atoms with van der Waals surface area (Å²) in [7, 11) is 0. The zero-order valence-corrected chi connectivity index (χ0v) is 14.2. The molecule has 4 rings (SSSR count). The Kier molecular flexibility index (Phi) is 3.91. The molecular formula is C18H13ClF3N3O. The Morgan fingerprint density at radius 1 is 1.15 bits per heavy atom. The second kappa shape index (κ2) is 6.02. The molecule has 8 heteroatoms. The summed E-state index contributed by atoms with van der Waals surface area (Å²) in [5.41, 5.74) is -0.123. The van der Waals surface area contributed by atoms with E-state index < -0.39 is 17.4 Å². The van der Waals surface area contributed by atoms with Crippen molar-refractivity contribution < 1.29 is 13.2 Å². The number of hydrogen-bond donors (Lipinski definition) is 1. The van der Waals surface area contributed by atoms with E-state index in [4.69, 9.17) is 11.6 Å². The smallest absolute Gasteiger partial charge is 0.384 e. The Bertz CT molecular complexity index is 1080. The van der Waals surface area contributed by atoms with E-state index in [-0.39, 0.29) is 10.7 Å². The Balaban J connectivity index is 2.16. The predicted octanol–water partition coefficient (Wildman–Crippen LogP) is 4.42. The van der Waals surface area contributed by atoms with Crippen LogP contribution in [0, 0.1) is 0 Å². The Labute approximate surface area is 151 Å². The second-order valence-electron chi connectivity index (χ2n) is 6.04. The number of benzene rings is 1. The van der Waals surface area contributed by atoms with Crippen LogP contribution < -0.4 is 10.9 Å². The molecule has 1 aliphatic heterocycles. The molecule has 0 aliphatic carbocycles. The number of anilines is 1. The number of hydrogen-bond acceptors (Lipinski definition) is 3. The van der Waals surface area contributed by atoms with Gasteiger partial charge in [-0.15, -0.1) is 0 Å². The van der Waals surface area contributed by atoms with Crippen LogP contribution in [-0.2, 0) is 12.6 Å². The third-order valence-electron chi connectivity index (χ3n) is 4.41. The van der Waals surface area contributed by atoms with E-state index in [1.54, 1.807) is 24.3 Å². The zero-order valence-electron chi connectivity index (χ0n) is 13.4. The topological polar surface area (TPSA) is 46.9 Å². The van der Waals surface area contributed by atoms with Crippen LogP contribution >= 0.6 is 11.6 Å². The molecule has 4 nitrogen and oxygen atoms in total. The first kappa shape index (κ1) is 16.9. The fourth-order valence-electron chi connectivity index (χ4n) is 3.24. The summed E-state index contributed by atoms with van der Waals surface area (Å²) in [5.74, 6) is 0. The number of aromatic nitrogens is 2. The van der Waals surface area contributed by atoms with Crippen LogP contribution in [0.5, 0.6) is 0 Å². The Morgan fingerprint density at radius 2 is 1.92 bits per heavy atom. The van der Waals surface area contributed by atoms with Gasteiger partial charge in [0.1, 0.15) is 11.3 Å². The maximum atomic E-state index is 13.2. The summed E-state index contributed by atoms with van der Waals surface area (Å²) >= 11 is 6.22. The van der Waals surface area contributed by atoms with Gasteiger partial charge in [-0.05, 0) is 37.1 Å². The van der Waals surface area contributed by atoms with Crippen molar-refractivity contribution in [2.45, 2.75) is 19.0 Å². The normalized spacial score (nSPS) is 14.2. The van der Waals surface area contributed by atoms with Crippen molar-refractivity contribution >= 4 is 28.3 Å². The number of nitrogens with zero attached hydrogens (tertiary/aromatic N) is 2. The van der Waals surface area contributed by atoms with Gasteiger partial charge in [0.15, 0.2) is 0 Å². The molecule has 0 atom stereocenters. The highest BCUT2D eigenvalue weighted by Crippen LogP contribution is 2.34. The Morgan fingerprint density at radius 3 is 2.65 bits per heavy atom. The minimum atomic E-state index is -4.61. The van der Waals surface area contributed by atoms with Gasteiger partial charge < -0.3 is 5.32 Å². The minimum Gasteiger partial charge on any atom is -0.384 e. The maximum Gasteiger partial charge on any atom is 0.433 e. The second-order valence-corrected chi connectivity index (χ2v) is 6.45. The van der Waals surface area contributed by atoms with E-state index in [0.29, 0.717) is 35.3 Å². The van der Waals surface area contributed by atoms with E-state index in [1.807, 2.05) is 0 Å². The largest absolute Gasteiger partial charge is 0.433 e. The van der Waals surface area contributed by atoms with Crippen molar-refractivity contribution in [1.29, 1.82) is 0 Å². The van der Waals surface area contributed by atoms with Crippen LogP contribution in [0.15, 0.2) is 41.2 Å². The third kappa shape index (κ3) is 2.63. The molecule has 0 saturated heterocycles. The van der Waals surface area contributed by atoms with E-state index in [1.165, 1.54) is 10.6 Å². The molecule has 2 aromatic heterocycles. The van der Waals surface area contributed by atoms with Crippen LogP contribution in [-0.4, -0.2) is 16.1 Å². The van der Waals surface area contributed by atoms with Gasteiger partial charge in [-0.1, -0.05) is 23.7 Å². The quantitative estimate of drug-likeness (QED) is 0.681. The molecule has 1 N–H and O–H groups in total. The monoisotopic (exact) mass is 379 g/mol. The molecular weight excluding hydrogens is 367 g/mol. The lowest BCUT2D eigenvalue weighted by atomic mass is 10.0. The molecule has 0 spiro atoms. The van der Waals surface area contributed by atoms with Gasteiger partial charge in [-0.3, -0.25) is 9.36 Å². The molecule has 3 heterocycles. The number of para-hydroxylation sites is 1. The molecule has 26 heavy (non-hydrogen) atoms. The lowest BCUT2D eigenvalue weighted by molar-refractivity contribution is -0.141. The van der Waals surface area contributed by atoms with Crippen molar-refractivity contribution in [2.24, 2.45) is 0 Å². The van der Waals surface area contributed by atoms with E-state index in [0.717, 1.165) is 12.5 Å².